The molecular weight excluding hydrogens is 354 g/mol. The predicted molar refractivity (Wildman–Crippen MR) is 107 cm³/mol. The Morgan fingerprint density at radius 2 is 1.68 bits per heavy atom. The average Bonchev–Trinajstić information content (AvgIpc) is 2.69. The Balaban J connectivity index is 1.65. The van der Waals surface area contributed by atoms with E-state index in [-0.39, 0.29) is 11.8 Å². The summed E-state index contributed by atoms with van der Waals surface area (Å²) in [5, 5.41) is 17.4. The first-order valence-corrected chi connectivity index (χ1v) is 8.46. The fourth-order valence-corrected chi connectivity index (χ4v) is 2.46. The molecule has 0 saturated carbocycles. The van der Waals surface area contributed by atoms with Crippen LogP contribution in [0.5, 0.6) is 0 Å². The fourth-order valence-electron chi connectivity index (χ4n) is 2.46. The Hall–Kier alpha value is -4.18. The summed E-state index contributed by atoms with van der Waals surface area (Å²) in [5.74, 6) is 0.124. The SMILES string of the molecule is CC(=O)Nc1cccc(Nc2ccc(C(=O)Nc3ccc(C#N)cc3)cn2)c1. The highest BCUT2D eigenvalue weighted by Gasteiger charge is 2.07. The molecule has 0 bridgehead atoms. The van der Waals surface area contributed by atoms with Crippen molar-refractivity contribution >= 4 is 34.7 Å². The van der Waals surface area contributed by atoms with Crippen LogP contribution in [0.25, 0.3) is 0 Å². The van der Waals surface area contributed by atoms with Crippen molar-refractivity contribution in [2.75, 3.05) is 16.0 Å². The number of nitriles is 1. The van der Waals surface area contributed by atoms with Gasteiger partial charge in [0.1, 0.15) is 5.82 Å². The first-order chi connectivity index (χ1) is 13.5. The van der Waals surface area contributed by atoms with E-state index >= 15 is 0 Å². The van der Waals surface area contributed by atoms with Crippen LogP contribution in [0.2, 0.25) is 0 Å². The Kier molecular flexibility index (Phi) is 5.63. The zero-order chi connectivity index (χ0) is 19.9. The molecule has 0 spiro atoms. The number of anilines is 4. The third kappa shape index (κ3) is 4.93. The van der Waals surface area contributed by atoms with Crippen molar-refractivity contribution in [2.24, 2.45) is 0 Å². The molecule has 0 aliphatic carbocycles. The lowest BCUT2D eigenvalue weighted by atomic mass is 10.2. The van der Waals surface area contributed by atoms with Gasteiger partial charge in [-0.25, -0.2) is 4.98 Å². The van der Waals surface area contributed by atoms with E-state index in [2.05, 4.69) is 20.9 Å². The number of amides is 2. The van der Waals surface area contributed by atoms with Crippen LogP contribution in [0, 0.1) is 11.3 Å². The predicted octanol–water partition coefficient (Wildman–Crippen LogP) is 3.91. The lowest BCUT2D eigenvalue weighted by Crippen LogP contribution is -2.12. The topological polar surface area (TPSA) is 107 Å². The monoisotopic (exact) mass is 371 g/mol. The van der Waals surface area contributed by atoms with Crippen molar-refractivity contribution < 1.29 is 9.59 Å². The van der Waals surface area contributed by atoms with Gasteiger partial charge in [0.25, 0.3) is 5.91 Å². The van der Waals surface area contributed by atoms with Gasteiger partial charge < -0.3 is 16.0 Å². The third-order valence-corrected chi connectivity index (χ3v) is 3.75. The minimum absolute atomic E-state index is 0.145. The lowest BCUT2D eigenvalue weighted by molar-refractivity contribution is -0.114. The van der Waals surface area contributed by atoms with Crippen LogP contribution in [-0.2, 0) is 4.79 Å². The number of nitrogens with zero attached hydrogens (tertiary/aromatic N) is 2. The van der Waals surface area contributed by atoms with E-state index in [4.69, 9.17) is 5.26 Å². The quantitative estimate of drug-likeness (QED) is 0.630. The van der Waals surface area contributed by atoms with Crippen LogP contribution in [-0.4, -0.2) is 16.8 Å². The normalized spacial score (nSPS) is 9.86. The van der Waals surface area contributed by atoms with Crippen molar-refractivity contribution in [1.82, 2.24) is 4.98 Å². The Bertz CT molecular complexity index is 1040. The number of benzene rings is 2. The molecule has 2 amide bonds. The fraction of sp³-hybridized carbons (Fsp3) is 0.0476. The number of nitrogens with one attached hydrogen (secondary N) is 3. The second-order valence-electron chi connectivity index (χ2n) is 5.96. The molecule has 1 heterocycles. The molecule has 0 atom stereocenters. The second kappa shape index (κ2) is 8.47. The number of carbonyl (C=O) groups is 2. The minimum Gasteiger partial charge on any atom is -0.340 e. The highest BCUT2D eigenvalue weighted by atomic mass is 16.2. The Morgan fingerprint density at radius 1 is 0.929 bits per heavy atom. The summed E-state index contributed by atoms with van der Waals surface area (Å²) >= 11 is 0. The Morgan fingerprint density at radius 3 is 2.32 bits per heavy atom. The van der Waals surface area contributed by atoms with Gasteiger partial charge in [-0.1, -0.05) is 6.07 Å². The van der Waals surface area contributed by atoms with E-state index in [0.29, 0.717) is 28.3 Å². The third-order valence-electron chi connectivity index (χ3n) is 3.75. The molecule has 28 heavy (non-hydrogen) atoms. The van der Waals surface area contributed by atoms with Crippen LogP contribution < -0.4 is 16.0 Å². The van der Waals surface area contributed by atoms with Crippen LogP contribution in [0.3, 0.4) is 0 Å². The first kappa shape index (κ1) is 18.6. The molecule has 7 heteroatoms. The molecule has 3 N–H and O–H groups in total. The summed E-state index contributed by atoms with van der Waals surface area (Å²) in [6.07, 6.45) is 1.47. The molecule has 0 unspecified atom stereocenters. The van der Waals surface area contributed by atoms with Crippen LogP contribution in [0.1, 0.15) is 22.8 Å². The van der Waals surface area contributed by atoms with Gasteiger partial charge in [0.15, 0.2) is 0 Å². The van der Waals surface area contributed by atoms with E-state index in [9.17, 15) is 9.59 Å². The number of aromatic nitrogens is 1. The largest absolute Gasteiger partial charge is 0.340 e. The number of carbonyl (C=O) groups excluding carboxylic acids is 2. The van der Waals surface area contributed by atoms with E-state index in [1.54, 1.807) is 48.5 Å². The second-order valence-corrected chi connectivity index (χ2v) is 5.96. The smallest absolute Gasteiger partial charge is 0.257 e. The summed E-state index contributed by atoms with van der Waals surface area (Å²) in [7, 11) is 0. The number of hydrogen-bond donors (Lipinski definition) is 3. The molecule has 2 aromatic carbocycles. The summed E-state index contributed by atoms with van der Waals surface area (Å²) in [4.78, 5) is 27.7. The zero-order valence-electron chi connectivity index (χ0n) is 15.1. The first-order valence-electron chi connectivity index (χ1n) is 8.46. The molecule has 7 nitrogen and oxygen atoms in total. The summed E-state index contributed by atoms with van der Waals surface area (Å²) in [5.41, 5.74) is 2.96. The maximum atomic E-state index is 12.3. The van der Waals surface area contributed by atoms with E-state index in [1.165, 1.54) is 13.1 Å². The maximum absolute atomic E-state index is 12.3. The van der Waals surface area contributed by atoms with Crippen LogP contribution >= 0.6 is 0 Å². The van der Waals surface area contributed by atoms with Gasteiger partial charge in [-0.05, 0) is 54.6 Å². The number of pyridine rings is 1. The summed E-state index contributed by atoms with van der Waals surface area (Å²) < 4.78 is 0. The molecule has 138 valence electrons. The van der Waals surface area contributed by atoms with E-state index < -0.39 is 0 Å². The van der Waals surface area contributed by atoms with Crippen LogP contribution in [0.15, 0.2) is 66.9 Å². The molecule has 0 fully saturated rings. The molecule has 0 radical (unpaired) electrons. The van der Waals surface area contributed by atoms with Gasteiger partial charge in [0, 0.05) is 30.2 Å². The van der Waals surface area contributed by atoms with Crippen molar-refractivity contribution in [3.8, 4) is 6.07 Å². The van der Waals surface area contributed by atoms with Crippen molar-refractivity contribution in [3.05, 3.63) is 78.0 Å². The molecule has 0 aliphatic heterocycles. The molecule has 3 aromatic rings. The van der Waals surface area contributed by atoms with Crippen molar-refractivity contribution in [1.29, 1.82) is 5.26 Å². The molecule has 0 saturated heterocycles. The highest BCUT2D eigenvalue weighted by molar-refractivity contribution is 6.04. The van der Waals surface area contributed by atoms with Crippen molar-refractivity contribution in [3.63, 3.8) is 0 Å². The molecule has 1 aromatic heterocycles. The minimum atomic E-state index is -0.295. The molecule has 3 rings (SSSR count). The Labute approximate surface area is 162 Å². The van der Waals surface area contributed by atoms with Crippen molar-refractivity contribution in [2.45, 2.75) is 6.92 Å². The molecule has 0 aliphatic rings. The summed E-state index contributed by atoms with van der Waals surface area (Å²) in [6.45, 7) is 1.45. The highest BCUT2D eigenvalue weighted by Crippen LogP contribution is 2.19. The number of hydrogen-bond acceptors (Lipinski definition) is 5. The van der Waals surface area contributed by atoms with Gasteiger partial charge in [-0.15, -0.1) is 0 Å². The summed E-state index contributed by atoms with van der Waals surface area (Å²) in [6, 6.07) is 19.2. The lowest BCUT2D eigenvalue weighted by Gasteiger charge is -2.09. The van der Waals surface area contributed by atoms with Gasteiger partial charge in [-0.3, -0.25) is 9.59 Å². The standard InChI is InChI=1S/C21H17N5O2/c1-14(27)24-18-3-2-4-19(11-18)25-20-10-7-16(13-23-20)21(28)26-17-8-5-15(12-22)6-9-17/h2-11,13H,1H3,(H,23,25)(H,24,27)(H,26,28). The molecular formula is C21H17N5O2. The van der Waals surface area contributed by atoms with Gasteiger partial charge in [-0.2, -0.15) is 5.26 Å². The van der Waals surface area contributed by atoms with Gasteiger partial charge >= 0.3 is 0 Å². The van der Waals surface area contributed by atoms with E-state index in [1.807, 2.05) is 18.2 Å². The van der Waals surface area contributed by atoms with Gasteiger partial charge in [0.2, 0.25) is 5.91 Å². The number of rotatable bonds is 5. The maximum Gasteiger partial charge on any atom is 0.257 e. The average molecular weight is 371 g/mol. The van der Waals surface area contributed by atoms with Crippen LogP contribution in [0.4, 0.5) is 22.9 Å². The van der Waals surface area contributed by atoms with E-state index in [0.717, 1.165) is 5.69 Å². The van der Waals surface area contributed by atoms with Gasteiger partial charge in [0.05, 0.1) is 17.2 Å². The zero-order valence-corrected chi connectivity index (χ0v) is 15.1.